The molecular formula is C17H18N2. The van der Waals surface area contributed by atoms with Crippen molar-refractivity contribution in [2.24, 2.45) is 5.92 Å². The molecule has 96 valence electrons. The highest BCUT2D eigenvalue weighted by Gasteiger charge is 2.06. The number of nitrogens with zero attached hydrogens (tertiary/aromatic N) is 2. The van der Waals surface area contributed by atoms with Crippen LogP contribution >= 0.6 is 0 Å². The first-order valence-corrected chi connectivity index (χ1v) is 6.74. The molecule has 3 aromatic rings. The second-order valence-corrected chi connectivity index (χ2v) is 5.37. The van der Waals surface area contributed by atoms with Gasteiger partial charge in [0.2, 0.25) is 0 Å². The molecule has 0 saturated heterocycles. The molecule has 3 rings (SSSR count). The fraction of sp³-hybridized carbons (Fsp3) is 0.235. The van der Waals surface area contributed by atoms with Gasteiger partial charge in [0.15, 0.2) is 0 Å². The van der Waals surface area contributed by atoms with Gasteiger partial charge in [0.1, 0.15) is 0 Å². The van der Waals surface area contributed by atoms with Crippen molar-refractivity contribution in [3.63, 3.8) is 0 Å². The molecule has 0 fully saturated rings. The largest absolute Gasteiger partial charge is 0.272 e. The van der Waals surface area contributed by atoms with Gasteiger partial charge in [0.05, 0.1) is 6.20 Å². The highest BCUT2D eigenvalue weighted by atomic mass is 15.3. The lowest BCUT2D eigenvalue weighted by Crippen LogP contribution is -2.03. The molecule has 0 saturated carbocycles. The van der Waals surface area contributed by atoms with Crippen LogP contribution in [0.5, 0.6) is 0 Å². The van der Waals surface area contributed by atoms with Crippen LogP contribution in [0.15, 0.2) is 54.9 Å². The molecule has 0 atom stereocenters. The Morgan fingerprint density at radius 3 is 2.68 bits per heavy atom. The highest BCUT2D eigenvalue weighted by Crippen LogP contribution is 2.28. The number of hydrogen-bond donors (Lipinski definition) is 0. The maximum atomic E-state index is 4.46. The number of aromatic nitrogens is 2. The lowest BCUT2D eigenvalue weighted by atomic mass is 10.0. The zero-order valence-electron chi connectivity index (χ0n) is 11.4. The van der Waals surface area contributed by atoms with E-state index < -0.39 is 0 Å². The van der Waals surface area contributed by atoms with Gasteiger partial charge < -0.3 is 0 Å². The van der Waals surface area contributed by atoms with E-state index in [1.165, 1.54) is 21.9 Å². The van der Waals surface area contributed by atoms with Gasteiger partial charge in [-0.25, -0.2) is 0 Å². The summed E-state index contributed by atoms with van der Waals surface area (Å²) in [5.41, 5.74) is 2.45. The topological polar surface area (TPSA) is 17.8 Å². The molecule has 0 radical (unpaired) electrons. The molecule has 19 heavy (non-hydrogen) atoms. The van der Waals surface area contributed by atoms with Crippen LogP contribution in [-0.2, 0) is 6.54 Å². The second kappa shape index (κ2) is 4.88. The summed E-state index contributed by atoms with van der Waals surface area (Å²) in [7, 11) is 0. The zero-order valence-corrected chi connectivity index (χ0v) is 11.4. The first-order chi connectivity index (χ1) is 9.24. The maximum Gasteiger partial charge on any atom is 0.0568 e. The molecule has 0 aliphatic carbocycles. The van der Waals surface area contributed by atoms with Crippen LogP contribution in [0.1, 0.15) is 13.8 Å². The van der Waals surface area contributed by atoms with Crippen LogP contribution in [0, 0.1) is 5.92 Å². The van der Waals surface area contributed by atoms with Crippen LogP contribution in [0.2, 0.25) is 0 Å². The Balaban J connectivity index is 2.06. The summed E-state index contributed by atoms with van der Waals surface area (Å²) in [6.45, 7) is 5.38. The summed E-state index contributed by atoms with van der Waals surface area (Å²) >= 11 is 0. The van der Waals surface area contributed by atoms with Crippen LogP contribution in [-0.4, -0.2) is 9.78 Å². The molecule has 1 aromatic heterocycles. The number of fused-ring (bicyclic) bond motifs is 1. The Labute approximate surface area is 113 Å². The molecule has 0 amide bonds. The second-order valence-electron chi connectivity index (χ2n) is 5.37. The predicted octanol–water partition coefficient (Wildman–Crippen LogP) is 4.36. The average Bonchev–Trinajstić information content (AvgIpc) is 2.85. The van der Waals surface area contributed by atoms with Crippen molar-refractivity contribution in [3.05, 3.63) is 54.9 Å². The molecule has 2 heteroatoms. The Kier molecular flexibility index (Phi) is 3.08. The van der Waals surface area contributed by atoms with Gasteiger partial charge in [0.25, 0.3) is 0 Å². The minimum atomic E-state index is 0.611. The molecule has 0 spiro atoms. The summed E-state index contributed by atoms with van der Waals surface area (Å²) in [4.78, 5) is 0. The highest BCUT2D eigenvalue weighted by molar-refractivity contribution is 5.96. The van der Waals surface area contributed by atoms with Gasteiger partial charge in [-0.05, 0) is 22.3 Å². The van der Waals surface area contributed by atoms with E-state index in [1.807, 2.05) is 10.9 Å². The molecule has 2 nitrogen and oxygen atoms in total. The van der Waals surface area contributed by atoms with E-state index in [-0.39, 0.29) is 0 Å². The van der Waals surface area contributed by atoms with E-state index in [9.17, 15) is 0 Å². The van der Waals surface area contributed by atoms with Crippen molar-refractivity contribution in [1.82, 2.24) is 9.78 Å². The van der Waals surface area contributed by atoms with Crippen molar-refractivity contribution in [2.45, 2.75) is 20.4 Å². The molecule has 0 bridgehead atoms. The van der Waals surface area contributed by atoms with E-state index >= 15 is 0 Å². The number of hydrogen-bond acceptors (Lipinski definition) is 1. The minimum Gasteiger partial charge on any atom is -0.272 e. The quantitative estimate of drug-likeness (QED) is 0.675. The first-order valence-electron chi connectivity index (χ1n) is 6.74. The normalized spacial score (nSPS) is 11.3. The van der Waals surface area contributed by atoms with Crippen LogP contribution in [0.25, 0.3) is 21.9 Å². The van der Waals surface area contributed by atoms with E-state index in [1.54, 1.807) is 0 Å². The van der Waals surface area contributed by atoms with Crippen LogP contribution in [0.3, 0.4) is 0 Å². The van der Waals surface area contributed by atoms with E-state index in [0.29, 0.717) is 5.92 Å². The number of rotatable bonds is 3. The Bertz CT molecular complexity index is 690. The Morgan fingerprint density at radius 1 is 1.05 bits per heavy atom. The van der Waals surface area contributed by atoms with Crippen molar-refractivity contribution in [1.29, 1.82) is 0 Å². The maximum absolute atomic E-state index is 4.46. The molecule has 0 unspecified atom stereocenters. The third-order valence-electron chi connectivity index (χ3n) is 3.29. The smallest absolute Gasteiger partial charge is 0.0568 e. The van der Waals surface area contributed by atoms with E-state index in [4.69, 9.17) is 0 Å². The Hall–Kier alpha value is -2.09. The summed E-state index contributed by atoms with van der Waals surface area (Å²) in [5.74, 6) is 0.611. The fourth-order valence-electron chi connectivity index (χ4n) is 2.45. The fourth-order valence-corrected chi connectivity index (χ4v) is 2.45. The van der Waals surface area contributed by atoms with Crippen molar-refractivity contribution >= 4 is 10.8 Å². The van der Waals surface area contributed by atoms with Crippen molar-refractivity contribution < 1.29 is 0 Å². The van der Waals surface area contributed by atoms with Gasteiger partial charge >= 0.3 is 0 Å². The van der Waals surface area contributed by atoms with Crippen molar-refractivity contribution in [2.75, 3.05) is 0 Å². The molecule has 1 heterocycles. The summed E-state index contributed by atoms with van der Waals surface area (Å²) < 4.78 is 2.03. The van der Waals surface area contributed by atoms with E-state index in [2.05, 4.69) is 67.6 Å². The van der Waals surface area contributed by atoms with Gasteiger partial charge in [-0.3, -0.25) is 4.68 Å². The number of benzene rings is 2. The average molecular weight is 250 g/mol. The molecular weight excluding hydrogens is 232 g/mol. The Morgan fingerprint density at radius 2 is 1.84 bits per heavy atom. The van der Waals surface area contributed by atoms with Gasteiger partial charge in [-0.1, -0.05) is 56.3 Å². The summed E-state index contributed by atoms with van der Waals surface area (Å²) in [5, 5.41) is 7.02. The third-order valence-corrected chi connectivity index (χ3v) is 3.29. The monoisotopic (exact) mass is 250 g/mol. The van der Waals surface area contributed by atoms with Gasteiger partial charge in [-0.15, -0.1) is 0 Å². The molecule has 0 N–H and O–H groups in total. The lowest BCUT2D eigenvalue weighted by Gasteiger charge is -2.05. The zero-order chi connectivity index (χ0) is 13.2. The third kappa shape index (κ3) is 2.39. The summed E-state index contributed by atoms with van der Waals surface area (Å²) in [6, 6.07) is 14.9. The van der Waals surface area contributed by atoms with Crippen molar-refractivity contribution in [3.8, 4) is 11.1 Å². The molecule has 2 aromatic carbocycles. The van der Waals surface area contributed by atoms with Gasteiger partial charge in [0, 0.05) is 18.3 Å². The minimum absolute atomic E-state index is 0.611. The first kappa shape index (κ1) is 12.0. The lowest BCUT2D eigenvalue weighted by molar-refractivity contribution is 0.483. The molecule has 0 aliphatic rings. The van der Waals surface area contributed by atoms with E-state index in [0.717, 1.165) is 6.54 Å². The predicted molar refractivity (Wildman–Crippen MR) is 80.0 cm³/mol. The van der Waals surface area contributed by atoms with Crippen LogP contribution in [0.4, 0.5) is 0 Å². The van der Waals surface area contributed by atoms with Crippen LogP contribution < -0.4 is 0 Å². The standard InChI is InChI=1S/C17H18N2/c1-13(2)11-19-12-15(10-18-19)17-9-5-7-14-6-3-4-8-16(14)17/h3-10,12-13H,11H2,1-2H3. The molecule has 0 aliphatic heterocycles. The SMILES string of the molecule is CC(C)Cn1cc(-c2cccc3ccccc23)cn1. The van der Waals surface area contributed by atoms with Gasteiger partial charge in [-0.2, -0.15) is 5.10 Å². The summed E-state index contributed by atoms with van der Waals surface area (Å²) in [6.07, 6.45) is 4.10.